The van der Waals surface area contributed by atoms with Crippen molar-refractivity contribution >= 4 is 29.8 Å². The minimum absolute atomic E-state index is 0.355. The van der Waals surface area contributed by atoms with E-state index in [-0.39, 0.29) is 0 Å². The van der Waals surface area contributed by atoms with Gasteiger partial charge in [-0.25, -0.2) is 24.0 Å². The van der Waals surface area contributed by atoms with Crippen molar-refractivity contribution in [3.05, 3.63) is 63.7 Å². The zero-order chi connectivity index (χ0) is 49.0. The summed E-state index contributed by atoms with van der Waals surface area (Å²) < 4.78 is 27.5. The number of carbonyl (C=O) groups is 5. The third-order valence-corrected chi connectivity index (χ3v) is 10.9. The summed E-state index contributed by atoms with van der Waals surface area (Å²) in [6.07, 6.45) is -13.5. The maximum absolute atomic E-state index is 14.6. The molecule has 348 valence electrons. The minimum atomic E-state index is -2.81. The van der Waals surface area contributed by atoms with Gasteiger partial charge in [0, 0.05) is 27.8 Å². The highest BCUT2D eigenvalue weighted by Crippen LogP contribution is 2.58. The maximum Gasteiger partial charge on any atom is 0.342 e. The zero-order valence-corrected chi connectivity index (χ0v) is 32.7. The van der Waals surface area contributed by atoms with Crippen molar-refractivity contribution in [3.8, 4) is 108 Å². The lowest BCUT2D eigenvalue weighted by molar-refractivity contribution is -0.154. The number of aliphatic hydroxyl groups excluding tert-OH is 1. The molecule has 6 bridgehead atoms. The van der Waals surface area contributed by atoms with Crippen molar-refractivity contribution < 1.29 is 129 Å². The van der Waals surface area contributed by atoms with Gasteiger partial charge in [0.25, 0.3) is 0 Å². The van der Waals surface area contributed by atoms with Crippen LogP contribution in [0.2, 0.25) is 0 Å². The van der Waals surface area contributed by atoms with Crippen molar-refractivity contribution in [1.82, 2.24) is 0 Å². The molecule has 67 heavy (non-hydrogen) atoms. The molecule has 0 spiro atoms. The third kappa shape index (κ3) is 6.57. The molecule has 5 atom stereocenters. The SMILES string of the molecule is O=C(OC1COC(=O)c2cc(c(O)c(O)c2O)-c2c(cc(O)c(O)c2O)C(=O)OC1C1OC(=O)c2cc(O)c(O)c(O)c2-c2c(O)c(O)c(O)c3c2C(=O)OC1C3O)c1cc(O)c(O)c(O)c1. The summed E-state index contributed by atoms with van der Waals surface area (Å²) in [7, 11) is 0. The molecule has 9 rings (SSSR count). The number of aromatic hydroxyl groups is 15. The van der Waals surface area contributed by atoms with E-state index >= 15 is 0 Å². The first-order valence-corrected chi connectivity index (χ1v) is 18.6. The van der Waals surface area contributed by atoms with Gasteiger partial charge in [-0.3, -0.25) is 0 Å². The number of hydrogen-bond donors (Lipinski definition) is 16. The van der Waals surface area contributed by atoms with Gasteiger partial charge in [0.05, 0.1) is 22.3 Å². The smallest absolute Gasteiger partial charge is 0.342 e. The highest BCUT2D eigenvalue weighted by atomic mass is 16.6. The van der Waals surface area contributed by atoms with Crippen LogP contribution < -0.4 is 0 Å². The van der Waals surface area contributed by atoms with E-state index in [1.54, 1.807) is 0 Å². The average molecular weight is 937 g/mol. The van der Waals surface area contributed by atoms with E-state index in [1.165, 1.54) is 0 Å². The molecule has 0 radical (unpaired) electrons. The van der Waals surface area contributed by atoms with Crippen LogP contribution in [0.25, 0.3) is 22.3 Å². The molecule has 0 aliphatic carbocycles. The van der Waals surface area contributed by atoms with Crippen LogP contribution in [0, 0.1) is 0 Å². The zero-order valence-electron chi connectivity index (χ0n) is 32.7. The first kappa shape index (κ1) is 44.0. The maximum atomic E-state index is 14.6. The van der Waals surface area contributed by atoms with Crippen LogP contribution in [0.15, 0.2) is 30.3 Å². The molecule has 4 aliphatic heterocycles. The summed E-state index contributed by atoms with van der Waals surface area (Å²) in [4.78, 5) is 70.7. The number of carbonyl (C=O) groups excluding carboxylic acids is 5. The molecule has 0 saturated heterocycles. The molecular weight excluding hydrogens is 908 g/mol. The Bertz CT molecular complexity index is 3060. The summed E-state index contributed by atoms with van der Waals surface area (Å²) >= 11 is 0. The van der Waals surface area contributed by atoms with Crippen molar-refractivity contribution in [1.29, 1.82) is 0 Å². The van der Waals surface area contributed by atoms with Gasteiger partial charge in [-0.15, -0.1) is 0 Å². The van der Waals surface area contributed by atoms with Crippen LogP contribution >= 0.6 is 0 Å². The van der Waals surface area contributed by atoms with Gasteiger partial charge in [-0.2, -0.15) is 0 Å². The number of cyclic esters (lactones) is 2. The van der Waals surface area contributed by atoms with E-state index in [4.69, 9.17) is 23.7 Å². The van der Waals surface area contributed by atoms with E-state index < -0.39 is 209 Å². The second-order valence-corrected chi connectivity index (χ2v) is 14.7. The summed E-state index contributed by atoms with van der Waals surface area (Å²) in [6, 6.07) is 2.25. The van der Waals surface area contributed by atoms with Crippen LogP contribution in [0.5, 0.6) is 86.2 Å². The molecule has 5 unspecified atom stereocenters. The lowest BCUT2D eigenvalue weighted by Gasteiger charge is -2.41. The molecule has 16 N–H and O–H groups in total. The monoisotopic (exact) mass is 936 g/mol. The van der Waals surface area contributed by atoms with Gasteiger partial charge >= 0.3 is 29.8 Å². The predicted molar refractivity (Wildman–Crippen MR) is 207 cm³/mol. The first-order valence-electron chi connectivity index (χ1n) is 18.6. The van der Waals surface area contributed by atoms with Crippen LogP contribution in [-0.4, -0.2) is 143 Å². The Hall–Kier alpha value is -9.59. The highest BCUT2D eigenvalue weighted by Gasteiger charge is 2.54. The predicted octanol–water partition coefficient (Wildman–Crippen LogP) is 1.34. The molecule has 0 saturated carbocycles. The molecule has 5 aromatic rings. The van der Waals surface area contributed by atoms with E-state index in [1.807, 2.05) is 0 Å². The Balaban J connectivity index is 1.42. The standard InChI is InChI=1S/C41H28O26/c42-12-1-7(2-13(43)24(12)48)37(58)64-16-6-63-38(59)11-3-8(22(46)32(56)23(11)47)17-9(4-14(44)25(49)27(17)51)39(60)65-34(16)36-35-31(55)21-20(41(62)66-35)19(29(53)33(57)30(21)54)18-10(40(61)67-36)5-15(45)26(50)28(18)52/h1-5,16,31,34-36,42-57H,6H2. The largest absolute Gasteiger partial charge is 0.504 e. The number of esters is 5. The highest BCUT2D eigenvalue weighted by molar-refractivity contribution is 6.10. The Labute approximate surface area is 368 Å². The summed E-state index contributed by atoms with van der Waals surface area (Å²) in [6.45, 7) is -1.51. The van der Waals surface area contributed by atoms with Gasteiger partial charge in [0.2, 0.25) is 23.0 Å². The molecule has 0 aromatic heterocycles. The average Bonchev–Trinajstić information content (AvgIpc) is 3.28. The summed E-state index contributed by atoms with van der Waals surface area (Å²) in [5, 5.41) is 172. The number of hydrogen-bond acceptors (Lipinski definition) is 26. The third-order valence-electron chi connectivity index (χ3n) is 10.9. The Morgan fingerprint density at radius 1 is 0.433 bits per heavy atom. The number of rotatable bonds is 3. The molecule has 26 nitrogen and oxygen atoms in total. The Morgan fingerprint density at radius 3 is 1.51 bits per heavy atom. The molecule has 26 heteroatoms. The van der Waals surface area contributed by atoms with Crippen molar-refractivity contribution in [2.24, 2.45) is 0 Å². The van der Waals surface area contributed by atoms with Crippen molar-refractivity contribution in [2.45, 2.75) is 30.5 Å². The van der Waals surface area contributed by atoms with Gasteiger partial charge in [-0.1, -0.05) is 0 Å². The van der Waals surface area contributed by atoms with Crippen LogP contribution in [0.1, 0.15) is 63.5 Å². The van der Waals surface area contributed by atoms with E-state index in [0.29, 0.717) is 30.3 Å². The minimum Gasteiger partial charge on any atom is -0.504 e. The van der Waals surface area contributed by atoms with Crippen LogP contribution in [-0.2, 0) is 23.7 Å². The van der Waals surface area contributed by atoms with Crippen molar-refractivity contribution in [3.63, 3.8) is 0 Å². The van der Waals surface area contributed by atoms with Gasteiger partial charge < -0.3 is 105 Å². The summed E-state index contributed by atoms with van der Waals surface area (Å²) in [5.41, 5.74) is -10.8. The number of ether oxygens (including phenoxy) is 5. The first-order chi connectivity index (χ1) is 31.5. The molecule has 5 aromatic carbocycles. The van der Waals surface area contributed by atoms with E-state index in [2.05, 4.69) is 0 Å². The fourth-order valence-electron chi connectivity index (χ4n) is 7.67. The lowest BCUT2D eigenvalue weighted by Crippen LogP contribution is -2.56. The number of fused-ring (bicyclic) bond motifs is 7. The molecular formula is C41H28O26. The van der Waals surface area contributed by atoms with Crippen LogP contribution in [0.4, 0.5) is 0 Å². The fourth-order valence-corrected chi connectivity index (χ4v) is 7.67. The second-order valence-electron chi connectivity index (χ2n) is 14.7. The molecule has 4 aliphatic rings. The number of phenols is 15. The van der Waals surface area contributed by atoms with E-state index in [9.17, 15) is 106 Å². The second kappa shape index (κ2) is 15.3. The number of benzene rings is 5. The normalized spacial score (nSPS) is 19.9. The molecule has 0 amide bonds. The van der Waals surface area contributed by atoms with Gasteiger partial charge in [0.15, 0.2) is 87.7 Å². The Kier molecular flexibility index (Phi) is 10.1. The number of aliphatic hydroxyl groups is 1. The fraction of sp³-hybridized carbons (Fsp3) is 0.146. The topological polar surface area (TPSA) is 455 Å². The van der Waals surface area contributed by atoms with Crippen LogP contribution in [0.3, 0.4) is 0 Å². The summed E-state index contributed by atoms with van der Waals surface area (Å²) in [5.74, 6) is -29.7. The Morgan fingerprint density at radius 2 is 0.910 bits per heavy atom. The van der Waals surface area contributed by atoms with Gasteiger partial charge in [-0.05, 0) is 30.3 Å². The number of phenolic OH excluding ortho intramolecular Hbond substituents is 15. The quantitative estimate of drug-likeness (QED) is 0.0689. The van der Waals surface area contributed by atoms with E-state index in [0.717, 1.165) is 0 Å². The lowest BCUT2D eigenvalue weighted by atomic mass is 9.82. The molecule has 4 heterocycles. The van der Waals surface area contributed by atoms with Crippen molar-refractivity contribution in [2.75, 3.05) is 6.61 Å². The molecule has 0 fully saturated rings. The van der Waals surface area contributed by atoms with Gasteiger partial charge in [0.1, 0.15) is 18.3 Å².